The lowest BCUT2D eigenvalue weighted by molar-refractivity contribution is -0.136. The zero-order valence-electron chi connectivity index (χ0n) is 20.5. The molecule has 0 spiro atoms. The van der Waals surface area contributed by atoms with Crippen LogP contribution in [-0.4, -0.2) is 56.6 Å². The molecule has 0 saturated heterocycles. The second-order valence-electron chi connectivity index (χ2n) is 12.5. The fourth-order valence-electron chi connectivity index (χ4n) is 8.83. The van der Waals surface area contributed by atoms with E-state index in [1.54, 1.807) is 0 Å². The lowest BCUT2D eigenvalue weighted by atomic mass is 9.46. The van der Waals surface area contributed by atoms with E-state index in [-0.39, 0.29) is 47.2 Å². The fraction of sp³-hybridized carbons (Fsp3) is 0.926. The molecule has 5 N–H and O–H groups in total. The molecule has 4 rings (SSSR count). The lowest BCUT2D eigenvalue weighted by Crippen LogP contribution is -2.57. The highest BCUT2D eigenvalue weighted by molar-refractivity contribution is 5.27. The van der Waals surface area contributed by atoms with Crippen LogP contribution < -0.4 is 0 Å². The van der Waals surface area contributed by atoms with Gasteiger partial charge in [-0.15, -0.1) is 0 Å². The summed E-state index contributed by atoms with van der Waals surface area (Å²) in [6.45, 7) is 8.74. The first-order chi connectivity index (χ1) is 15.0. The Morgan fingerprint density at radius 1 is 1.09 bits per heavy atom. The monoisotopic (exact) mass is 450 g/mol. The van der Waals surface area contributed by atoms with Gasteiger partial charge in [0.2, 0.25) is 0 Å². The van der Waals surface area contributed by atoms with Crippen LogP contribution in [0.4, 0.5) is 0 Å². The van der Waals surface area contributed by atoms with E-state index in [4.69, 9.17) is 0 Å². The zero-order valence-corrected chi connectivity index (χ0v) is 20.5. The van der Waals surface area contributed by atoms with Crippen molar-refractivity contribution in [1.82, 2.24) is 0 Å². The number of allylic oxidation sites excluding steroid dienone is 1. The third-order valence-electron chi connectivity index (χ3n) is 10.6. The van der Waals surface area contributed by atoms with Crippen molar-refractivity contribution in [3.05, 3.63) is 11.6 Å². The minimum absolute atomic E-state index is 0.0334. The van der Waals surface area contributed by atoms with Crippen LogP contribution in [-0.2, 0) is 0 Å². The van der Waals surface area contributed by atoms with Gasteiger partial charge < -0.3 is 25.5 Å². The third-order valence-corrected chi connectivity index (χ3v) is 10.6. The fourth-order valence-corrected chi connectivity index (χ4v) is 8.83. The number of aliphatic hydroxyl groups is 5. The first kappa shape index (κ1) is 24.7. The summed E-state index contributed by atoms with van der Waals surface area (Å²) < 4.78 is 0. The maximum Gasteiger partial charge on any atom is 0.0585 e. The van der Waals surface area contributed by atoms with Crippen molar-refractivity contribution in [2.45, 2.75) is 103 Å². The molecule has 0 aromatic carbocycles. The van der Waals surface area contributed by atoms with Gasteiger partial charge in [0.25, 0.3) is 0 Å². The summed E-state index contributed by atoms with van der Waals surface area (Å²) in [7, 11) is 0. The van der Waals surface area contributed by atoms with Crippen LogP contribution in [0.3, 0.4) is 0 Å². The molecule has 0 heterocycles. The summed E-state index contributed by atoms with van der Waals surface area (Å²) in [4.78, 5) is 0. The molecule has 4 aliphatic carbocycles. The Labute approximate surface area is 193 Å². The molecule has 1 unspecified atom stereocenters. The van der Waals surface area contributed by atoms with E-state index >= 15 is 0 Å². The Hall–Kier alpha value is -0.460. The highest BCUT2D eigenvalue weighted by Crippen LogP contribution is 2.67. The molecule has 3 fully saturated rings. The predicted molar refractivity (Wildman–Crippen MR) is 125 cm³/mol. The Kier molecular flexibility index (Phi) is 6.90. The molecule has 4 aliphatic rings. The SMILES string of the molecule is CC(CO)CC[C@@H](O)[C@@H](C)[C@H]1[C@@H](O)C[C@H]2[C@@H]3CC=C4C[C@@H](O)CC[C@]4(C)[C@H]3[C@H](O)C[C@]12C. The van der Waals surface area contributed by atoms with Gasteiger partial charge in [0.15, 0.2) is 0 Å². The molecule has 12 atom stereocenters. The van der Waals surface area contributed by atoms with Gasteiger partial charge in [-0.3, -0.25) is 0 Å². The Balaban J connectivity index is 1.58. The van der Waals surface area contributed by atoms with Gasteiger partial charge in [0, 0.05) is 6.61 Å². The number of fused-ring (bicyclic) bond motifs is 5. The van der Waals surface area contributed by atoms with Crippen molar-refractivity contribution in [1.29, 1.82) is 0 Å². The first-order valence-corrected chi connectivity index (χ1v) is 13.1. The van der Waals surface area contributed by atoms with Crippen LogP contribution in [0.1, 0.15) is 79.1 Å². The molecular weight excluding hydrogens is 404 g/mol. The average Bonchev–Trinajstić information content (AvgIpc) is 3.00. The van der Waals surface area contributed by atoms with Gasteiger partial charge in [0.1, 0.15) is 0 Å². The number of hydrogen-bond acceptors (Lipinski definition) is 5. The summed E-state index contributed by atoms with van der Waals surface area (Å²) in [6.07, 6.45) is 6.91. The Morgan fingerprint density at radius 3 is 2.50 bits per heavy atom. The quantitative estimate of drug-likeness (QED) is 0.400. The second kappa shape index (κ2) is 8.96. The van der Waals surface area contributed by atoms with E-state index in [1.807, 2.05) is 6.92 Å². The van der Waals surface area contributed by atoms with Crippen molar-refractivity contribution < 1.29 is 25.5 Å². The molecular formula is C27H46O5. The van der Waals surface area contributed by atoms with Crippen molar-refractivity contribution in [3.8, 4) is 0 Å². The Morgan fingerprint density at radius 2 is 1.81 bits per heavy atom. The van der Waals surface area contributed by atoms with E-state index < -0.39 is 18.3 Å². The zero-order chi connectivity index (χ0) is 23.4. The third kappa shape index (κ3) is 3.90. The highest BCUT2D eigenvalue weighted by atomic mass is 16.3. The van der Waals surface area contributed by atoms with Crippen LogP contribution in [0.5, 0.6) is 0 Å². The lowest BCUT2D eigenvalue weighted by Gasteiger charge is -2.60. The van der Waals surface area contributed by atoms with Crippen molar-refractivity contribution in [2.24, 2.45) is 46.3 Å². The van der Waals surface area contributed by atoms with E-state index in [9.17, 15) is 25.5 Å². The highest BCUT2D eigenvalue weighted by Gasteiger charge is 2.64. The minimum atomic E-state index is -0.510. The largest absolute Gasteiger partial charge is 0.396 e. The van der Waals surface area contributed by atoms with Crippen molar-refractivity contribution >= 4 is 0 Å². The molecule has 5 nitrogen and oxygen atoms in total. The smallest absolute Gasteiger partial charge is 0.0585 e. The average molecular weight is 451 g/mol. The summed E-state index contributed by atoms with van der Waals surface area (Å²) in [6, 6.07) is 0. The standard InChI is InChI=1S/C27H46O5/c1-15(14-28)5-8-21(30)16(2)24-22(31)12-20-19-7-6-17-11-18(29)9-10-26(17,3)25(19)23(32)13-27(20,24)4/h6,15-16,18-25,28-32H,5,7-14H2,1-4H3/t15?,16-,18+,19+,20+,21-,22+,23-,24+,25-,26+,27+/m1/s1. The van der Waals surface area contributed by atoms with E-state index in [0.29, 0.717) is 24.7 Å². The molecule has 32 heavy (non-hydrogen) atoms. The molecule has 5 heteroatoms. The number of aliphatic hydroxyl groups excluding tert-OH is 5. The van der Waals surface area contributed by atoms with Gasteiger partial charge in [-0.25, -0.2) is 0 Å². The Bertz CT molecular complexity index is 708. The van der Waals surface area contributed by atoms with Crippen LogP contribution in [0.15, 0.2) is 11.6 Å². The summed E-state index contributed by atoms with van der Waals surface area (Å²) in [5.74, 6) is 0.946. The van der Waals surface area contributed by atoms with Crippen LogP contribution in [0.25, 0.3) is 0 Å². The molecule has 0 radical (unpaired) electrons. The van der Waals surface area contributed by atoms with Crippen LogP contribution in [0, 0.1) is 46.3 Å². The van der Waals surface area contributed by atoms with Gasteiger partial charge in [0.05, 0.1) is 24.4 Å². The molecule has 0 aromatic rings. The van der Waals surface area contributed by atoms with E-state index in [0.717, 1.165) is 38.5 Å². The normalized spacial score (nSPS) is 48.8. The predicted octanol–water partition coefficient (Wildman–Crippen LogP) is 3.27. The van der Waals surface area contributed by atoms with Gasteiger partial charge >= 0.3 is 0 Å². The molecule has 0 amide bonds. The second-order valence-corrected chi connectivity index (χ2v) is 12.5. The minimum Gasteiger partial charge on any atom is -0.396 e. The van der Waals surface area contributed by atoms with Crippen molar-refractivity contribution in [2.75, 3.05) is 6.61 Å². The van der Waals surface area contributed by atoms with E-state index in [2.05, 4.69) is 26.8 Å². The topological polar surface area (TPSA) is 101 Å². The van der Waals surface area contributed by atoms with E-state index in [1.165, 1.54) is 5.57 Å². The molecule has 0 bridgehead atoms. The maximum atomic E-state index is 11.6. The summed E-state index contributed by atoms with van der Waals surface area (Å²) >= 11 is 0. The summed E-state index contributed by atoms with van der Waals surface area (Å²) in [5, 5.41) is 53.3. The number of hydrogen-bond donors (Lipinski definition) is 5. The maximum absolute atomic E-state index is 11.6. The molecule has 184 valence electrons. The summed E-state index contributed by atoms with van der Waals surface area (Å²) in [5.41, 5.74) is 1.08. The van der Waals surface area contributed by atoms with Gasteiger partial charge in [-0.2, -0.15) is 0 Å². The molecule has 3 saturated carbocycles. The first-order valence-electron chi connectivity index (χ1n) is 13.1. The van der Waals surface area contributed by atoms with Gasteiger partial charge in [-0.05, 0) is 97.7 Å². The molecule has 0 aliphatic heterocycles. The van der Waals surface area contributed by atoms with Crippen LogP contribution in [0.2, 0.25) is 0 Å². The van der Waals surface area contributed by atoms with Crippen LogP contribution >= 0.6 is 0 Å². The van der Waals surface area contributed by atoms with Gasteiger partial charge in [-0.1, -0.05) is 39.3 Å². The number of rotatable bonds is 6. The molecule has 0 aromatic heterocycles. The van der Waals surface area contributed by atoms with Crippen molar-refractivity contribution in [3.63, 3.8) is 0 Å².